The van der Waals surface area contributed by atoms with Crippen molar-refractivity contribution in [1.29, 1.82) is 0 Å². The Morgan fingerprint density at radius 2 is 1.48 bits per heavy atom. The molecular formula is C24H19Cl2NO4. The van der Waals surface area contributed by atoms with Gasteiger partial charge in [-0.05, 0) is 46.0 Å². The van der Waals surface area contributed by atoms with E-state index in [2.05, 4.69) is 0 Å². The number of carbonyl (C=O) groups is 2. The van der Waals surface area contributed by atoms with Crippen molar-refractivity contribution < 1.29 is 19.4 Å². The normalized spacial score (nSPS) is 13.3. The van der Waals surface area contributed by atoms with Gasteiger partial charge in [0.05, 0.1) is 0 Å². The average Bonchev–Trinajstić information content (AvgIpc) is 3.05. The molecule has 1 N–H and O–H groups in total. The second-order valence-corrected chi connectivity index (χ2v) is 8.23. The SMILES string of the molecule is CN(C(=O)OCC1c2ccccc2-c2ccccc21)C(C(=O)O)c1cc(Cl)cc(Cl)c1. The van der Waals surface area contributed by atoms with Crippen LogP contribution in [0.2, 0.25) is 10.0 Å². The molecule has 31 heavy (non-hydrogen) atoms. The Hall–Kier alpha value is -3.02. The van der Waals surface area contributed by atoms with E-state index in [1.54, 1.807) is 0 Å². The highest BCUT2D eigenvalue weighted by molar-refractivity contribution is 6.34. The molecular weight excluding hydrogens is 437 g/mol. The quantitative estimate of drug-likeness (QED) is 0.512. The van der Waals surface area contributed by atoms with Gasteiger partial charge < -0.3 is 9.84 Å². The van der Waals surface area contributed by atoms with Crippen LogP contribution in [0.3, 0.4) is 0 Å². The Morgan fingerprint density at radius 1 is 0.968 bits per heavy atom. The highest BCUT2D eigenvalue weighted by Crippen LogP contribution is 2.44. The molecule has 1 unspecified atom stereocenters. The van der Waals surface area contributed by atoms with Gasteiger partial charge in [0, 0.05) is 23.0 Å². The minimum Gasteiger partial charge on any atom is -0.479 e. The van der Waals surface area contributed by atoms with Crippen molar-refractivity contribution in [1.82, 2.24) is 4.90 Å². The lowest BCUT2D eigenvalue weighted by Crippen LogP contribution is -2.36. The van der Waals surface area contributed by atoms with Crippen molar-refractivity contribution in [2.24, 2.45) is 0 Å². The monoisotopic (exact) mass is 455 g/mol. The first-order valence-electron chi connectivity index (χ1n) is 9.63. The van der Waals surface area contributed by atoms with E-state index in [0.717, 1.165) is 27.2 Å². The minimum atomic E-state index is -1.29. The smallest absolute Gasteiger partial charge is 0.410 e. The number of fused-ring (bicyclic) bond motifs is 3. The maximum absolute atomic E-state index is 12.8. The summed E-state index contributed by atoms with van der Waals surface area (Å²) in [6.45, 7) is 0.0971. The first kappa shape index (κ1) is 21.2. The summed E-state index contributed by atoms with van der Waals surface area (Å²) in [5.41, 5.74) is 4.68. The molecule has 7 heteroatoms. The van der Waals surface area contributed by atoms with E-state index in [4.69, 9.17) is 27.9 Å². The number of benzene rings is 3. The number of likely N-dealkylation sites (N-methyl/N-ethyl adjacent to an activating group) is 1. The van der Waals surface area contributed by atoms with Gasteiger partial charge in [-0.15, -0.1) is 0 Å². The Kier molecular flexibility index (Phi) is 5.90. The molecule has 0 aliphatic heterocycles. The second-order valence-electron chi connectivity index (χ2n) is 7.36. The van der Waals surface area contributed by atoms with Crippen LogP contribution in [0.4, 0.5) is 4.79 Å². The Bertz CT molecular complexity index is 1100. The number of aliphatic carboxylic acids is 1. The molecule has 3 aromatic rings. The molecule has 1 atom stereocenters. The molecule has 4 rings (SSSR count). The summed E-state index contributed by atoms with van der Waals surface area (Å²) in [6, 6.07) is 19.2. The van der Waals surface area contributed by atoms with Crippen LogP contribution in [-0.4, -0.2) is 35.7 Å². The van der Waals surface area contributed by atoms with E-state index in [0.29, 0.717) is 5.56 Å². The predicted molar refractivity (Wildman–Crippen MR) is 120 cm³/mol. The van der Waals surface area contributed by atoms with E-state index in [9.17, 15) is 14.7 Å². The van der Waals surface area contributed by atoms with Crippen LogP contribution in [0.25, 0.3) is 11.1 Å². The fourth-order valence-electron chi connectivity index (χ4n) is 4.07. The van der Waals surface area contributed by atoms with Crippen LogP contribution in [0.15, 0.2) is 66.7 Å². The predicted octanol–water partition coefficient (Wildman–Crippen LogP) is 6.00. The number of hydrogen-bond acceptors (Lipinski definition) is 3. The molecule has 3 aromatic carbocycles. The zero-order chi connectivity index (χ0) is 22.1. The average molecular weight is 456 g/mol. The Balaban J connectivity index is 1.55. The van der Waals surface area contributed by atoms with E-state index in [1.165, 1.54) is 25.2 Å². The van der Waals surface area contributed by atoms with E-state index in [1.807, 2.05) is 48.5 Å². The van der Waals surface area contributed by atoms with Crippen molar-refractivity contribution in [2.45, 2.75) is 12.0 Å². The van der Waals surface area contributed by atoms with Gasteiger partial charge in [0.1, 0.15) is 6.61 Å². The fourth-order valence-corrected chi connectivity index (χ4v) is 4.61. The van der Waals surface area contributed by atoms with Crippen molar-refractivity contribution in [2.75, 3.05) is 13.7 Å². The number of amides is 1. The van der Waals surface area contributed by atoms with E-state index in [-0.39, 0.29) is 22.6 Å². The first-order valence-corrected chi connectivity index (χ1v) is 10.4. The van der Waals surface area contributed by atoms with Crippen LogP contribution < -0.4 is 0 Å². The van der Waals surface area contributed by atoms with Crippen LogP contribution in [0.1, 0.15) is 28.7 Å². The van der Waals surface area contributed by atoms with Crippen LogP contribution in [0.5, 0.6) is 0 Å². The van der Waals surface area contributed by atoms with E-state index >= 15 is 0 Å². The molecule has 158 valence electrons. The van der Waals surface area contributed by atoms with Crippen molar-refractivity contribution in [3.8, 4) is 11.1 Å². The highest BCUT2D eigenvalue weighted by Gasteiger charge is 2.33. The summed E-state index contributed by atoms with van der Waals surface area (Å²) in [5.74, 6) is -1.33. The molecule has 0 aromatic heterocycles. The van der Waals surface area contributed by atoms with Gasteiger partial charge in [-0.3, -0.25) is 4.90 Å². The maximum Gasteiger partial charge on any atom is 0.410 e. The number of halogens is 2. The molecule has 1 aliphatic carbocycles. The Labute approximate surface area is 189 Å². The number of ether oxygens (including phenoxy) is 1. The maximum atomic E-state index is 12.8. The largest absolute Gasteiger partial charge is 0.479 e. The van der Waals surface area contributed by atoms with Gasteiger partial charge in [0.25, 0.3) is 0 Å². The van der Waals surface area contributed by atoms with E-state index < -0.39 is 18.1 Å². The number of nitrogens with zero attached hydrogens (tertiary/aromatic N) is 1. The third-order valence-electron chi connectivity index (χ3n) is 5.45. The summed E-state index contributed by atoms with van der Waals surface area (Å²) in [6.07, 6.45) is -0.745. The number of rotatable bonds is 5. The van der Waals surface area contributed by atoms with Crippen LogP contribution in [0, 0.1) is 0 Å². The molecule has 1 aliphatic rings. The molecule has 0 radical (unpaired) electrons. The molecule has 0 heterocycles. The zero-order valence-electron chi connectivity index (χ0n) is 16.6. The minimum absolute atomic E-state index is 0.0971. The van der Waals surface area contributed by atoms with Gasteiger partial charge in [-0.1, -0.05) is 71.7 Å². The zero-order valence-corrected chi connectivity index (χ0v) is 18.1. The molecule has 5 nitrogen and oxygen atoms in total. The third-order valence-corrected chi connectivity index (χ3v) is 5.88. The summed E-state index contributed by atoms with van der Waals surface area (Å²) in [5, 5.41) is 10.3. The van der Waals surface area contributed by atoms with Crippen LogP contribution in [-0.2, 0) is 9.53 Å². The number of hydrogen-bond donors (Lipinski definition) is 1. The van der Waals surface area contributed by atoms with Crippen molar-refractivity contribution >= 4 is 35.3 Å². The molecule has 0 bridgehead atoms. The van der Waals surface area contributed by atoms with Gasteiger partial charge in [0.2, 0.25) is 0 Å². The first-order chi connectivity index (χ1) is 14.9. The highest BCUT2D eigenvalue weighted by atomic mass is 35.5. The second kappa shape index (κ2) is 8.61. The molecule has 1 amide bonds. The van der Waals surface area contributed by atoms with Crippen LogP contribution >= 0.6 is 23.2 Å². The topological polar surface area (TPSA) is 66.8 Å². The number of carbonyl (C=O) groups excluding carboxylic acids is 1. The molecule has 0 saturated carbocycles. The lowest BCUT2D eigenvalue weighted by molar-refractivity contribution is -0.142. The summed E-state index contributed by atoms with van der Waals surface area (Å²) >= 11 is 12.0. The summed E-state index contributed by atoms with van der Waals surface area (Å²) < 4.78 is 5.57. The third kappa shape index (κ3) is 4.11. The van der Waals surface area contributed by atoms with Gasteiger partial charge in [0.15, 0.2) is 6.04 Å². The number of carboxylic acids is 1. The Morgan fingerprint density at radius 3 is 2.00 bits per heavy atom. The lowest BCUT2D eigenvalue weighted by atomic mass is 9.98. The van der Waals surface area contributed by atoms with Gasteiger partial charge in [-0.25, -0.2) is 9.59 Å². The van der Waals surface area contributed by atoms with Gasteiger partial charge in [-0.2, -0.15) is 0 Å². The summed E-state index contributed by atoms with van der Waals surface area (Å²) in [4.78, 5) is 25.7. The fraction of sp³-hybridized carbons (Fsp3) is 0.167. The lowest BCUT2D eigenvalue weighted by Gasteiger charge is -2.25. The standard InChI is InChI=1S/C24H19Cl2NO4/c1-27(22(23(28)29)14-10-15(25)12-16(26)11-14)24(30)31-13-21-19-8-4-2-6-17(19)18-7-3-5-9-20(18)21/h2-12,21-22H,13H2,1H3,(H,28,29). The van der Waals surface area contributed by atoms with Crippen molar-refractivity contribution in [3.63, 3.8) is 0 Å². The summed E-state index contributed by atoms with van der Waals surface area (Å²) in [7, 11) is 1.38. The number of carboxylic acid groups (broad SMARTS) is 1. The molecule has 0 fully saturated rings. The van der Waals surface area contributed by atoms with Crippen molar-refractivity contribution in [3.05, 3.63) is 93.5 Å². The molecule has 0 spiro atoms. The van der Waals surface area contributed by atoms with Gasteiger partial charge >= 0.3 is 12.1 Å². The molecule has 0 saturated heterocycles.